The number of aromatic nitrogens is 2. The van der Waals surface area contributed by atoms with Crippen molar-refractivity contribution in [1.29, 1.82) is 5.26 Å². The van der Waals surface area contributed by atoms with E-state index < -0.39 is 0 Å². The predicted molar refractivity (Wildman–Crippen MR) is 182 cm³/mol. The van der Waals surface area contributed by atoms with Crippen molar-refractivity contribution in [2.45, 2.75) is 10.6 Å². The lowest BCUT2D eigenvalue weighted by Crippen LogP contribution is -2.43. The number of nitrogens with zero attached hydrogens (tertiary/aromatic N) is 4. The first-order valence-corrected chi connectivity index (χ1v) is 16.8. The van der Waals surface area contributed by atoms with Gasteiger partial charge in [-0.2, -0.15) is 5.26 Å². The van der Waals surface area contributed by atoms with Gasteiger partial charge in [0.2, 0.25) is 5.95 Å². The van der Waals surface area contributed by atoms with Crippen molar-refractivity contribution in [2.75, 3.05) is 50.9 Å². The summed E-state index contributed by atoms with van der Waals surface area (Å²) in [7, 11) is 0. The highest BCUT2D eigenvalue weighted by Crippen LogP contribution is 2.46. The fraction of sp³-hybridized carbons (Fsp3) is 0.229. The Morgan fingerprint density at radius 2 is 1.77 bits per heavy atom. The summed E-state index contributed by atoms with van der Waals surface area (Å²) in [4.78, 5) is 12.8. The summed E-state index contributed by atoms with van der Waals surface area (Å²) in [5, 5.41) is 17.0. The van der Waals surface area contributed by atoms with Crippen LogP contribution in [0.1, 0.15) is 12.0 Å². The largest absolute Gasteiger partial charge is 0.493 e. The topological polar surface area (TPSA) is 86.1 Å². The molecule has 0 atom stereocenters. The van der Waals surface area contributed by atoms with Gasteiger partial charge in [-0.05, 0) is 53.6 Å². The van der Waals surface area contributed by atoms with Crippen LogP contribution in [0.3, 0.4) is 0 Å². The number of thioether (sulfide) groups is 1. The van der Waals surface area contributed by atoms with Crippen molar-refractivity contribution in [2.24, 2.45) is 0 Å². The summed E-state index contributed by atoms with van der Waals surface area (Å²) in [5.41, 5.74) is 6.43. The second-order valence-corrected chi connectivity index (χ2v) is 12.5. The molecular weight excluding hydrogens is 585 g/mol. The molecule has 1 fully saturated rings. The first-order chi connectivity index (χ1) is 21.7. The van der Waals surface area contributed by atoms with Gasteiger partial charge >= 0.3 is 0 Å². The van der Waals surface area contributed by atoms with Gasteiger partial charge in [0.15, 0.2) is 0 Å². The molecule has 9 heteroatoms. The quantitative estimate of drug-likeness (QED) is 0.116. The lowest BCUT2D eigenvalue weighted by Gasteiger charge is -2.26. The third-order valence-electron chi connectivity index (χ3n) is 7.51. The minimum Gasteiger partial charge on any atom is -0.493 e. The molecule has 0 spiro atoms. The first-order valence-electron chi connectivity index (χ1n) is 14.7. The molecule has 44 heavy (non-hydrogen) atoms. The number of anilines is 2. The van der Waals surface area contributed by atoms with Crippen LogP contribution in [0.25, 0.3) is 32.8 Å². The van der Waals surface area contributed by atoms with Crippen LogP contribution in [0.4, 0.5) is 11.6 Å². The average Bonchev–Trinajstić information content (AvgIpc) is 3.47. The molecule has 0 aliphatic carbocycles. The normalized spacial score (nSPS) is 13.4. The van der Waals surface area contributed by atoms with Crippen molar-refractivity contribution in [3.8, 4) is 44.6 Å². The number of rotatable bonds is 11. The van der Waals surface area contributed by atoms with Crippen LogP contribution in [-0.4, -0.2) is 60.5 Å². The summed E-state index contributed by atoms with van der Waals surface area (Å²) in [6, 6.07) is 30.9. The molecule has 1 aliphatic rings. The fourth-order valence-electron chi connectivity index (χ4n) is 5.35. The Bertz CT molecular complexity index is 1740. The van der Waals surface area contributed by atoms with Crippen LogP contribution in [0.2, 0.25) is 0 Å². The molecule has 2 N–H and O–H groups in total. The van der Waals surface area contributed by atoms with Crippen molar-refractivity contribution >= 4 is 34.7 Å². The Morgan fingerprint density at radius 3 is 2.59 bits per heavy atom. The number of hydrogen-bond acceptors (Lipinski definition) is 9. The van der Waals surface area contributed by atoms with Crippen LogP contribution < -0.4 is 15.4 Å². The second kappa shape index (κ2) is 14.5. The third-order valence-corrected chi connectivity index (χ3v) is 9.84. The Hall–Kier alpha value is -4.20. The van der Waals surface area contributed by atoms with Crippen LogP contribution >= 0.6 is 23.1 Å². The van der Waals surface area contributed by atoms with E-state index in [2.05, 4.69) is 56.9 Å². The summed E-state index contributed by atoms with van der Waals surface area (Å²) in [5.74, 6) is 1.30. The molecule has 3 aromatic carbocycles. The van der Waals surface area contributed by atoms with E-state index in [1.54, 1.807) is 29.3 Å². The molecule has 1 saturated heterocycles. The lowest BCUT2D eigenvalue weighted by molar-refractivity contribution is 0.214. The molecule has 2 aromatic heterocycles. The van der Waals surface area contributed by atoms with Crippen LogP contribution in [0.5, 0.6) is 5.75 Å². The molecule has 3 heterocycles. The van der Waals surface area contributed by atoms with Gasteiger partial charge in [-0.3, -0.25) is 0 Å². The van der Waals surface area contributed by atoms with E-state index in [0.717, 1.165) is 87.6 Å². The molecule has 6 rings (SSSR count). The van der Waals surface area contributed by atoms with Crippen LogP contribution in [0, 0.1) is 11.3 Å². The maximum absolute atomic E-state index is 10.2. The zero-order valence-corrected chi connectivity index (χ0v) is 26.3. The van der Waals surface area contributed by atoms with Crippen molar-refractivity contribution in [3.05, 3.63) is 96.7 Å². The molecule has 0 bridgehead atoms. The Morgan fingerprint density at radius 1 is 0.977 bits per heavy atom. The van der Waals surface area contributed by atoms with Gasteiger partial charge < -0.3 is 20.3 Å². The first kappa shape index (κ1) is 29.9. The molecule has 7 nitrogen and oxygen atoms in total. The van der Waals surface area contributed by atoms with E-state index in [1.165, 1.54) is 0 Å². The number of nitrogens with one attached hydrogen (secondary N) is 2. The van der Waals surface area contributed by atoms with Gasteiger partial charge in [-0.25, -0.2) is 9.97 Å². The molecule has 0 unspecified atom stereocenters. The zero-order chi connectivity index (χ0) is 30.1. The van der Waals surface area contributed by atoms with Crippen molar-refractivity contribution in [3.63, 3.8) is 0 Å². The SMILES string of the molecule is CSc1sc(-c2ccnc(Nc3cccc(OCCCN4CCNCC4)c3)n2)c(-c2cccc(-c3ccccc3)c2)c1C#N. The minimum atomic E-state index is 0.486. The van der Waals surface area contributed by atoms with Crippen LogP contribution in [-0.2, 0) is 0 Å². The third kappa shape index (κ3) is 7.12. The summed E-state index contributed by atoms with van der Waals surface area (Å²) in [6.45, 7) is 6.04. The maximum Gasteiger partial charge on any atom is 0.227 e. The van der Waals surface area contributed by atoms with Gasteiger partial charge in [0.1, 0.15) is 11.8 Å². The summed E-state index contributed by atoms with van der Waals surface area (Å²) in [6.07, 6.45) is 4.76. The number of nitriles is 1. The van der Waals surface area contributed by atoms with E-state index in [4.69, 9.17) is 9.72 Å². The molecule has 1 aliphatic heterocycles. The zero-order valence-electron chi connectivity index (χ0n) is 24.6. The Balaban J connectivity index is 1.22. The lowest BCUT2D eigenvalue weighted by atomic mass is 9.96. The minimum absolute atomic E-state index is 0.486. The number of benzene rings is 3. The average molecular weight is 619 g/mol. The van der Waals surface area contributed by atoms with Gasteiger partial charge in [-0.1, -0.05) is 54.6 Å². The molecule has 222 valence electrons. The predicted octanol–water partition coefficient (Wildman–Crippen LogP) is 7.55. The van der Waals surface area contributed by atoms with Gasteiger partial charge in [-0.15, -0.1) is 23.1 Å². The fourth-order valence-corrected chi connectivity index (χ4v) is 7.26. The van der Waals surface area contributed by atoms with E-state index in [9.17, 15) is 5.26 Å². The highest BCUT2D eigenvalue weighted by atomic mass is 32.2. The standard InChI is InChI=1S/C35H34N6OS2/c1-43-34-30(24-36)32(27-11-5-10-26(22-27)25-8-3-2-4-9-25)33(44-34)31-14-15-38-35(40-31)39-28-12-6-13-29(23-28)42-21-7-18-41-19-16-37-17-20-41/h2-6,8-15,22-23,37H,7,16-21H2,1H3,(H,38,39,40). The van der Waals surface area contributed by atoms with E-state index in [1.807, 2.05) is 60.9 Å². The highest BCUT2D eigenvalue weighted by Gasteiger charge is 2.22. The number of piperazine rings is 1. The smallest absolute Gasteiger partial charge is 0.227 e. The molecular formula is C35H34N6OS2. The van der Waals surface area contributed by atoms with Gasteiger partial charge in [0, 0.05) is 56.2 Å². The number of thiophene rings is 1. The molecule has 5 aromatic rings. The summed E-state index contributed by atoms with van der Waals surface area (Å²) >= 11 is 3.18. The van der Waals surface area contributed by atoms with E-state index in [-0.39, 0.29) is 0 Å². The highest BCUT2D eigenvalue weighted by molar-refractivity contribution is 8.00. The number of hydrogen-bond donors (Lipinski definition) is 2. The van der Waals surface area contributed by atoms with Crippen LogP contribution in [0.15, 0.2) is 95.3 Å². The van der Waals surface area contributed by atoms with Crippen molar-refractivity contribution < 1.29 is 4.74 Å². The Labute approximate surface area is 267 Å². The second-order valence-electron chi connectivity index (χ2n) is 10.4. The molecule has 0 amide bonds. The summed E-state index contributed by atoms with van der Waals surface area (Å²) < 4.78 is 7.03. The Kier molecular flexibility index (Phi) is 9.85. The monoisotopic (exact) mass is 618 g/mol. The van der Waals surface area contributed by atoms with Crippen molar-refractivity contribution in [1.82, 2.24) is 20.2 Å². The maximum atomic E-state index is 10.2. The number of ether oxygens (including phenoxy) is 1. The molecule has 0 saturated carbocycles. The van der Waals surface area contributed by atoms with E-state index in [0.29, 0.717) is 18.1 Å². The van der Waals surface area contributed by atoms with Gasteiger partial charge in [0.25, 0.3) is 0 Å². The molecule has 0 radical (unpaired) electrons. The van der Waals surface area contributed by atoms with Gasteiger partial charge in [0.05, 0.1) is 27.0 Å². The van der Waals surface area contributed by atoms with E-state index >= 15 is 0 Å².